The lowest BCUT2D eigenvalue weighted by Gasteiger charge is -2.10. The van der Waals surface area contributed by atoms with Gasteiger partial charge in [-0.2, -0.15) is 5.26 Å². The predicted molar refractivity (Wildman–Crippen MR) is 83.3 cm³/mol. The Morgan fingerprint density at radius 1 is 1.17 bits per heavy atom. The van der Waals surface area contributed by atoms with Crippen LogP contribution in [0.4, 0.5) is 11.4 Å². The molecule has 0 unspecified atom stereocenters. The van der Waals surface area contributed by atoms with Gasteiger partial charge in [0.15, 0.2) is 0 Å². The van der Waals surface area contributed by atoms with E-state index in [1.54, 1.807) is 29.7 Å². The molecule has 0 saturated carbocycles. The van der Waals surface area contributed by atoms with E-state index in [1.165, 1.54) is 18.3 Å². The Kier molecular flexibility index (Phi) is 3.54. The molecule has 3 aromatic rings. The highest BCUT2D eigenvalue weighted by Crippen LogP contribution is 2.29. The summed E-state index contributed by atoms with van der Waals surface area (Å²) in [6.45, 7) is 0. The van der Waals surface area contributed by atoms with Crippen LogP contribution in [0.2, 0.25) is 0 Å². The van der Waals surface area contributed by atoms with Crippen LogP contribution in [0.3, 0.4) is 0 Å². The van der Waals surface area contributed by atoms with Gasteiger partial charge in [-0.3, -0.25) is 15.1 Å². The molecule has 0 saturated heterocycles. The molecule has 0 atom stereocenters. The Morgan fingerprint density at radius 3 is 2.52 bits per heavy atom. The largest absolute Gasteiger partial charge is 0.761 e. The average molecular weight is 306 g/mol. The van der Waals surface area contributed by atoms with E-state index in [0.29, 0.717) is 22.3 Å². The van der Waals surface area contributed by atoms with Crippen LogP contribution in [-0.4, -0.2) is 14.9 Å². The monoisotopic (exact) mass is 306 g/mol. The topological polar surface area (TPSA) is 128 Å². The van der Waals surface area contributed by atoms with Crippen molar-refractivity contribution in [3.8, 4) is 17.3 Å². The zero-order chi connectivity index (χ0) is 16.4. The lowest BCUT2D eigenvalue weighted by Crippen LogP contribution is -1.97. The van der Waals surface area contributed by atoms with E-state index in [-0.39, 0.29) is 11.4 Å². The summed E-state index contributed by atoms with van der Waals surface area (Å²) in [4.78, 5) is 18.8. The van der Waals surface area contributed by atoms with Crippen LogP contribution in [0.5, 0.6) is 0 Å². The van der Waals surface area contributed by atoms with Gasteiger partial charge in [-0.25, -0.2) is 4.98 Å². The van der Waals surface area contributed by atoms with Crippen LogP contribution in [0.1, 0.15) is 5.56 Å². The predicted octanol–water partition coefficient (Wildman–Crippen LogP) is 2.99. The maximum absolute atomic E-state index is 10.9. The lowest BCUT2D eigenvalue weighted by molar-refractivity contribution is -0.383. The third-order valence-electron chi connectivity index (χ3n) is 3.28. The number of fused-ring (bicyclic) bond motifs is 1. The summed E-state index contributed by atoms with van der Waals surface area (Å²) in [5.74, 6) is 0. The van der Waals surface area contributed by atoms with Crippen LogP contribution >= 0.6 is 0 Å². The van der Waals surface area contributed by atoms with E-state index >= 15 is 0 Å². The van der Waals surface area contributed by atoms with Gasteiger partial charge in [0.1, 0.15) is 5.69 Å². The summed E-state index contributed by atoms with van der Waals surface area (Å²) in [5, 5.41) is 30.6. The van der Waals surface area contributed by atoms with Crippen LogP contribution < -0.4 is 5.48 Å². The molecule has 3 rings (SSSR count). The van der Waals surface area contributed by atoms with Crippen molar-refractivity contribution in [2.45, 2.75) is 0 Å². The van der Waals surface area contributed by atoms with Crippen molar-refractivity contribution in [2.75, 3.05) is 5.48 Å². The van der Waals surface area contributed by atoms with E-state index in [0.717, 1.165) is 5.56 Å². The molecule has 2 aromatic carbocycles. The second kappa shape index (κ2) is 5.67. The number of aromatic nitrogens is 2. The molecule has 1 aromatic heterocycles. The smallest absolute Gasteiger partial charge is 0.293 e. The number of hydrogen-bond acceptors (Lipinski definition) is 7. The number of nitrogens with zero attached hydrogens (tertiary/aromatic N) is 4. The molecule has 0 bridgehead atoms. The SMILES string of the molecule is N#Cc1ccc(-c2cnc3cc([N+](=O)[O-])c(N[O-])cc3n2)cc1. The summed E-state index contributed by atoms with van der Waals surface area (Å²) in [5.41, 5.74) is 3.49. The number of rotatable bonds is 3. The average Bonchev–Trinajstić information content (AvgIpc) is 2.60. The van der Waals surface area contributed by atoms with Gasteiger partial charge in [-0.1, -0.05) is 12.1 Å². The van der Waals surface area contributed by atoms with Crippen molar-refractivity contribution < 1.29 is 4.92 Å². The zero-order valence-electron chi connectivity index (χ0n) is 11.6. The first-order chi connectivity index (χ1) is 11.1. The molecular weight excluding hydrogens is 298 g/mol. The molecule has 0 spiro atoms. The Labute approximate surface area is 129 Å². The van der Waals surface area contributed by atoms with Gasteiger partial charge >= 0.3 is 0 Å². The van der Waals surface area contributed by atoms with Crippen LogP contribution in [0.25, 0.3) is 22.3 Å². The highest BCUT2D eigenvalue weighted by atomic mass is 16.6. The Bertz CT molecular complexity index is 948. The summed E-state index contributed by atoms with van der Waals surface area (Å²) in [6, 6.07) is 11.3. The van der Waals surface area contributed by atoms with Gasteiger partial charge in [0.05, 0.1) is 39.5 Å². The van der Waals surface area contributed by atoms with Gasteiger partial charge in [0.2, 0.25) is 0 Å². The van der Waals surface area contributed by atoms with E-state index in [9.17, 15) is 15.3 Å². The van der Waals surface area contributed by atoms with Crippen LogP contribution in [-0.2, 0) is 0 Å². The molecule has 0 aliphatic rings. The first kappa shape index (κ1) is 14.4. The standard InChI is InChI=1S/C15H8N5O3/c16-7-9-1-3-10(4-2-9)14-8-17-11-6-15(20(22)23)13(19-21)5-12(11)18-14/h1-6,8,19H/q-1. The molecule has 1 N–H and O–H groups in total. The molecule has 8 heteroatoms. The molecule has 0 aliphatic carbocycles. The van der Waals surface area contributed by atoms with Crippen molar-refractivity contribution in [3.05, 3.63) is 63.5 Å². The fraction of sp³-hybridized carbons (Fsp3) is 0. The van der Waals surface area contributed by atoms with Gasteiger partial charge in [-0.05, 0) is 18.2 Å². The molecule has 0 fully saturated rings. The maximum Gasteiger partial charge on any atom is 0.293 e. The van der Waals surface area contributed by atoms with Crippen molar-refractivity contribution in [2.24, 2.45) is 0 Å². The molecule has 1 heterocycles. The first-order valence-electron chi connectivity index (χ1n) is 6.46. The number of hydrogen-bond donors (Lipinski definition) is 1. The third-order valence-corrected chi connectivity index (χ3v) is 3.28. The first-order valence-corrected chi connectivity index (χ1v) is 6.46. The molecule has 112 valence electrons. The number of anilines is 1. The van der Waals surface area contributed by atoms with Gasteiger partial charge in [0.25, 0.3) is 5.69 Å². The van der Waals surface area contributed by atoms with Crippen molar-refractivity contribution in [1.29, 1.82) is 5.26 Å². The second-order valence-corrected chi connectivity index (χ2v) is 4.66. The van der Waals surface area contributed by atoms with Crippen molar-refractivity contribution in [3.63, 3.8) is 0 Å². The number of nitriles is 1. The van der Waals surface area contributed by atoms with Crippen molar-refractivity contribution in [1.82, 2.24) is 9.97 Å². The number of nitrogens with one attached hydrogen (secondary N) is 1. The fourth-order valence-corrected chi connectivity index (χ4v) is 2.14. The Balaban J connectivity index is 2.12. The highest BCUT2D eigenvalue weighted by molar-refractivity contribution is 5.86. The van der Waals surface area contributed by atoms with E-state index in [4.69, 9.17) is 5.26 Å². The summed E-state index contributed by atoms with van der Waals surface area (Å²) in [7, 11) is 0. The zero-order valence-corrected chi connectivity index (χ0v) is 11.6. The normalized spacial score (nSPS) is 10.3. The Morgan fingerprint density at radius 2 is 1.91 bits per heavy atom. The molecule has 0 aliphatic heterocycles. The third kappa shape index (κ3) is 2.64. The Hall–Kier alpha value is -3.57. The molecule has 8 nitrogen and oxygen atoms in total. The van der Waals surface area contributed by atoms with Gasteiger partial charge in [0, 0.05) is 11.6 Å². The fourth-order valence-electron chi connectivity index (χ4n) is 2.14. The summed E-state index contributed by atoms with van der Waals surface area (Å²) < 4.78 is 0. The minimum absolute atomic E-state index is 0.172. The molecular formula is C15H8N5O3-. The number of nitro groups is 1. The number of nitro benzene ring substituents is 1. The summed E-state index contributed by atoms with van der Waals surface area (Å²) >= 11 is 0. The molecule has 23 heavy (non-hydrogen) atoms. The second-order valence-electron chi connectivity index (χ2n) is 4.66. The summed E-state index contributed by atoms with van der Waals surface area (Å²) in [6.07, 6.45) is 1.48. The van der Waals surface area contributed by atoms with E-state index in [1.807, 2.05) is 6.07 Å². The lowest BCUT2D eigenvalue weighted by atomic mass is 10.1. The minimum atomic E-state index is -0.657. The quantitative estimate of drug-likeness (QED) is 0.581. The molecule has 0 amide bonds. The van der Waals surface area contributed by atoms with Crippen LogP contribution in [0, 0.1) is 26.7 Å². The van der Waals surface area contributed by atoms with E-state index < -0.39 is 4.92 Å². The van der Waals surface area contributed by atoms with E-state index in [2.05, 4.69) is 9.97 Å². The van der Waals surface area contributed by atoms with Crippen molar-refractivity contribution >= 4 is 22.4 Å². The van der Waals surface area contributed by atoms with Gasteiger partial charge in [-0.15, -0.1) is 0 Å². The maximum atomic E-state index is 10.9. The minimum Gasteiger partial charge on any atom is -0.761 e. The van der Waals surface area contributed by atoms with Gasteiger partial charge < -0.3 is 10.7 Å². The van der Waals surface area contributed by atoms with Crippen LogP contribution in [0.15, 0.2) is 42.6 Å². The number of benzene rings is 2. The molecule has 0 radical (unpaired) electrons. The highest BCUT2D eigenvalue weighted by Gasteiger charge is 2.15.